The van der Waals surface area contributed by atoms with Gasteiger partial charge in [-0.15, -0.1) is 0 Å². The van der Waals surface area contributed by atoms with Crippen LogP contribution in [0.2, 0.25) is 0 Å². The average molecular weight is 1010 g/mol. The van der Waals surface area contributed by atoms with Crippen LogP contribution in [0, 0.1) is 0 Å². The average Bonchev–Trinajstić information content (AvgIpc) is 3.33. The number of carbonyl (C=O) groups is 1. The molecule has 3 atom stereocenters. The highest BCUT2D eigenvalue weighted by Crippen LogP contribution is 2.38. The number of nitrogens with zero attached hydrogens (tertiary/aromatic N) is 1. The molecule has 408 valence electrons. The lowest BCUT2D eigenvalue weighted by Gasteiger charge is -2.29. The van der Waals surface area contributed by atoms with Gasteiger partial charge in [-0.25, -0.2) is 0 Å². The van der Waals surface area contributed by atoms with Crippen molar-refractivity contribution in [3.8, 4) is 0 Å². The molecule has 0 aromatic heterocycles. The second-order valence-electron chi connectivity index (χ2n) is 20.3. The molecular weight excluding hydrogens is 900 g/mol. The van der Waals surface area contributed by atoms with E-state index in [1.807, 2.05) is 27.2 Å². The zero-order valence-electron chi connectivity index (χ0n) is 46.4. The van der Waals surface area contributed by atoms with E-state index < -0.39 is 26.6 Å². The summed E-state index contributed by atoms with van der Waals surface area (Å²) >= 11 is 0. The first kappa shape index (κ1) is 68.2. The molecule has 0 saturated heterocycles. The third kappa shape index (κ3) is 54.8. The number of aliphatic hydroxyl groups excluding tert-OH is 1. The summed E-state index contributed by atoms with van der Waals surface area (Å²) in [6, 6.07) is -0.912. The molecule has 0 fully saturated rings. The van der Waals surface area contributed by atoms with E-state index in [9.17, 15) is 19.4 Å². The molecule has 71 heavy (non-hydrogen) atoms. The maximum absolute atomic E-state index is 13.0. The first-order chi connectivity index (χ1) is 34.5. The van der Waals surface area contributed by atoms with Crippen molar-refractivity contribution in [1.82, 2.24) is 5.32 Å². The van der Waals surface area contributed by atoms with E-state index in [-0.39, 0.29) is 12.5 Å². The molecule has 0 saturated carbocycles. The first-order valence-electron chi connectivity index (χ1n) is 28.7. The number of phosphoric ester groups is 1. The van der Waals surface area contributed by atoms with Gasteiger partial charge in [0.2, 0.25) is 5.91 Å². The van der Waals surface area contributed by atoms with Crippen LogP contribution in [0.15, 0.2) is 109 Å². The minimum atomic E-state index is -4.61. The fourth-order valence-corrected chi connectivity index (χ4v) is 8.46. The Bertz CT molecular complexity index is 1520. The number of hydrogen-bond donors (Lipinski definition) is 2. The molecule has 0 aliphatic carbocycles. The molecule has 2 N–H and O–H groups in total. The van der Waals surface area contributed by atoms with Crippen LogP contribution in [-0.2, 0) is 18.4 Å². The maximum Gasteiger partial charge on any atom is 0.268 e. The minimum Gasteiger partial charge on any atom is -0.756 e. The monoisotopic (exact) mass is 1010 g/mol. The summed E-state index contributed by atoms with van der Waals surface area (Å²) in [7, 11) is 1.23. The number of likely N-dealkylation sites (N-methyl/N-ethyl adjacent to an activating group) is 1. The van der Waals surface area contributed by atoms with E-state index in [0.717, 1.165) is 83.5 Å². The van der Waals surface area contributed by atoms with Gasteiger partial charge in [0.1, 0.15) is 13.2 Å². The summed E-state index contributed by atoms with van der Waals surface area (Å²) in [5.41, 5.74) is 0. The van der Waals surface area contributed by atoms with Crippen molar-refractivity contribution in [3.05, 3.63) is 109 Å². The van der Waals surface area contributed by atoms with Crippen LogP contribution in [0.4, 0.5) is 0 Å². The van der Waals surface area contributed by atoms with Crippen LogP contribution in [0.25, 0.3) is 0 Å². The molecule has 0 radical (unpaired) electrons. The highest BCUT2D eigenvalue weighted by Gasteiger charge is 2.23. The van der Waals surface area contributed by atoms with Crippen LogP contribution < -0.4 is 10.2 Å². The van der Waals surface area contributed by atoms with Crippen LogP contribution in [-0.4, -0.2) is 68.5 Å². The zero-order chi connectivity index (χ0) is 52.0. The predicted octanol–water partition coefficient (Wildman–Crippen LogP) is 17.0. The normalized spacial score (nSPS) is 14.7. The number of allylic oxidation sites excluding steroid dienone is 17. The van der Waals surface area contributed by atoms with Crippen LogP contribution in [0.5, 0.6) is 0 Å². The standard InChI is InChI=1S/C62H109N2O6P/c1-6-8-10-12-14-16-18-20-22-24-25-26-27-28-29-30-31-32-33-34-35-36-37-38-39-40-42-44-46-48-50-52-54-56-62(66)63-60(59-70-71(67,68)69-58-57-64(3,4)5)61(65)55-53-51-49-47-45-43-41-23-21-19-17-15-13-11-9-7-2/h8,10,14,16,20,22,25-26,28-29,31-32,34-35,45,47,53,55,60-61,65H,6-7,9,11-13,15,17-19,21,23-24,27,30,33,36-44,46,48-52,54,56-59H2,1-5H3,(H-,63,66,67,68)/b10-8-,16-14-,22-20-,26-25-,29-28-,32-31-,35-34-,47-45+,55-53+. The quantitative estimate of drug-likeness (QED) is 0.0272. The number of quaternary nitrogens is 1. The lowest BCUT2D eigenvalue weighted by Crippen LogP contribution is -2.45. The number of rotatable bonds is 51. The number of amides is 1. The largest absolute Gasteiger partial charge is 0.756 e. The molecule has 0 aliphatic rings. The number of nitrogens with one attached hydrogen (secondary N) is 1. The van der Waals surface area contributed by atoms with Gasteiger partial charge in [-0.2, -0.15) is 0 Å². The predicted molar refractivity (Wildman–Crippen MR) is 306 cm³/mol. The van der Waals surface area contributed by atoms with Gasteiger partial charge >= 0.3 is 0 Å². The fourth-order valence-electron chi connectivity index (χ4n) is 7.74. The summed E-state index contributed by atoms with van der Waals surface area (Å²) in [6.45, 7) is 4.50. The van der Waals surface area contributed by atoms with Gasteiger partial charge in [0, 0.05) is 6.42 Å². The Morgan fingerprint density at radius 3 is 1.31 bits per heavy atom. The zero-order valence-corrected chi connectivity index (χ0v) is 47.3. The molecule has 9 heteroatoms. The fraction of sp³-hybridized carbons (Fsp3) is 0.694. The van der Waals surface area contributed by atoms with Crippen molar-refractivity contribution in [1.29, 1.82) is 0 Å². The molecule has 0 rings (SSSR count). The van der Waals surface area contributed by atoms with Gasteiger partial charge in [-0.1, -0.05) is 239 Å². The number of unbranched alkanes of at least 4 members (excludes halogenated alkanes) is 22. The smallest absolute Gasteiger partial charge is 0.268 e. The third-order valence-corrected chi connectivity index (χ3v) is 13.2. The van der Waals surface area contributed by atoms with Gasteiger partial charge in [0.05, 0.1) is 39.9 Å². The topological polar surface area (TPSA) is 108 Å². The SMILES string of the molecule is CC/C=C\C/C=C\C/C=C\C/C=C\C/C=C\C/C=C\C/C=C\CCCCCCCCCCCCCC(=O)NC(COP(=O)([O-])OCC[N+](C)(C)C)C(O)/C=C/CC/C=C/CCCCCCCCCCCC. The van der Waals surface area contributed by atoms with E-state index in [0.29, 0.717) is 17.4 Å². The Labute approximate surface area is 438 Å². The van der Waals surface area contributed by atoms with Crippen molar-refractivity contribution in [2.45, 2.75) is 238 Å². The molecule has 0 spiro atoms. The van der Waals surface area contributed by atoms with Crippen molar-refractivity contribution >= 4 is 13.7 Å². The number of phosphoric acid groups is 1. The van der Waals surface area contributed by atoms with Gasteiger partial charge in [-0.3, -0.25) is 9.36 Å². The summed E-state index contributed by atoms with van der Waals surface area (Å²) in [6.07, 6.45) is 75.9. The Balaban J connectivity index is 4.20. The van der Waals surface area contributed by atoms with Crippen LogP contribution in [0.3, 0.4) is 0 Å². The molecule has 0 aromatic carbocycles. The summed E-state index contributed by atoms with van der Waals surface area (Å²) in [4.78, 5) is 25.5. The molecule has 0 bridgehead atoms. The number of hydrogen-bond acceptors (Lipinski definition) is 6. The highest BCUT2D eigenvalue weighted by molar-refractivity contribution is 7.45. The molecule has 0 aliphatic heterocycles. The molecule has 0 heterocycles. The second kappa shape index (κ2) is 52.0. The van der Waals surface area contributed by atoms with Crippen molar-refractivity contribution < 1.29 is 32.9 Å². The van der Waals surface area contributed by atoms with Gasteiger partial charge in [0.15, 0.2) is 0 Å². The first-order valence-corrected chi connectivity index (χ1v) is 30.2. The van der Waals surface area contributed by atoms with Crippen molar-refractivity contribution in [2.75, 3.05) is 40.9 Å². The van der Waals surface area contributed by atoms with E-state index in [4.69, 9.17) is 9.05 Å². The van der Waals surface area contributed by atoms with E-state index >= 15 is 0 Å². The van der Waals surface area contributed by atoms with E-state index in [1.165, 1.54) is 122 Å². The van der Waals surface area contributed by atoms with Gasteiger partial charge in [0.25, 0.3) is 7.82 Å². The summed E-state index contributed by atoms with van der Waals surface area (Å²) < 4.78 is 23.3. The van der Waals surface area contributed by atoms with Crippen LogP contribution >= 0.6 is 7.82 Å². The van der Waals surface area contributed by atoms with Crippen molar-refractivity contribution in [3.63, 3.8) is 0 Å². The van der Waals surface area contributed by atoms with Gasteiger partial charge < -0.3 is 28.8 Å². The van der Waals surface area contributed by atoms with Gasteiger partial charge in [-0.05, 0) is 89.9 Å². The maximum atomic E-state index is 13.0. The lowest BCUT2D eigenvalue weighted by atomic mass is 10.0. The molecule has 1 amide bonds. The number of carbonyl (C=O) groups excluding carboxylic acids is 1. The molecule has 3 unspecified atom stereocenters. The highest BCUT2D eigenvalue weighted by atomic mass is 31.2. The van der Waals surface area contributed by atoms with Crippen molar-refractivity contribution in [2.24, 2.45) is 0 Å². The Morgan fingerprint density at radius 2 is 0.873 bits per heavy atom. The Hall–Kier alpha value is -2.84. The number of aliphatic hydroxyl groups is 1. The van der Waals surface area contributed by atoms with E-state index in [1.54, 1.807) is 6.08 Å². The van der Waals surface area contributed by atoms with E-state index in [2.05, 4.69) is 116 Å². The minimum absolute atomic E-state index is 0.0117. The third-order valence-electron chi connectivity index (χ3n) is 12.2. The summed E-state index contributed by atoms with van der Waals surface area (Å²) in [5, 5.41) is 13.8. The van der Waals surface area contributed by atoms with Crippen LogP contribution in [0.1, 0.15) is 226 Å². The second-order valence-corrected chi connectivity index (χ2v) is 21.7. The Morgan fingerprint density at radius 1 is 0.507 bits per heavy atom. The molecule has 0 aromatic rings. The lowest BCUT2D eigenvalue weighted by molar-refractivity contribution is -0.870. The molecular formula is C62H109N2O6P. The Kier molecular flexibility index (Phi) is 50.0. The summed E-state index contributed by atoms with van der Waals surface area (Å²) in [5.74, 6) is -0.215. The molecule has 8 nitrogen and oxygen atoms in total.